The molecule has 3 rings (SSSR count). The number of pyridine rings is 1. The molecule has 2 aromatic carbocycles. The van der Waals surface area contributed by atoms with Crippen molar-refractivity contribution in [2.45, 2.75) is 0 Å². The highest BCUT2D eigenvalue weighted by atomic mass is 79.9. The first kappa shape index (κ1) is 12.1. The Morgan fingerprint density at radius 1 is 1.05 bits per heavy atom. The Morgan fingerprint density at radius 3 is 2.53 bits per heavy atom. The molecule has 3 aromatic rings. The van der Waals surface area contributed by atoms with Crippen LogP contribution < -0.4 is 5.73 Å². The molecule has 94 valence electrons. The number of benzene rings is 2. The van der Waals surface area contributed by atoms with Crippen LogP contribution in [0.4, 0.5) is 10.1 Å². The molecule has 2 N–H and O–H groups in total. The summed E-state index contributed by atoms with van der Waals surface area (Å²) in [7, 11) is 0. The largest absolute Gasteiger partial charge is 0.398 e. The molecular weight excluding hydrogens is 307 g/mol. The monoisotopic (exact) mass is 316 g/mol. The van der Waals surface area contributed by atoms with Gasteiger partial charge in [0.05, 0.1) is 16.6 Å². The quantitative estimate of drug-likeness (QED) is 0.723. The second-order valence-electron chi connectivity index (χ2n) is 4.22. The van der Waals surface area contributed by atoms with Gasteiger partial charge < -0.3 is 5.73 Å². The van der Waals surface area contributed by atoms with Crippen LogP contribution in [0.1, 0.15) is 0 Å². The minimum absolute atomic E-state index is 0.356. The van der Waals surface area contributed by atoms with Crippen LogP contribution in [0.25, 0.3) is 22.2 Å². The number of nitrogens with two attached hydrogens (primary N) is 1. The molecule has 0 saturated heterocycles. The maximum Gasteiger partial charge on any atom is 0.134 e. The summed E-state index contributed by atoms with van der Waals surface area (Å²) in [5, 5.41) is 0.356. The molecule has 0 atom stereocenters. The first-order valence-corrected chi connectivity index (χ1v) is 6.56. The van der Waals surface area contributed by atoms with Gasteiger partial charge in [-0.2, -0.15) is 0 Å². The zero-order chi connectivity index (χ0) is 13.4. The van der Waals surface area contributed by atoms with E-state index < -0.39 is 0 Å². The Labute approximate surface area is 118 Å². The van der Waals surface area contributed by atoms with E-state index in [0.717, 1.165) is 15.7 Å². The van der Waals surface area contributed by atoms with Crippen molar-refractivity contribution in [3.63, 3.8) is 0 Å². The molecule has 1 aromatic heterocycles. The average Bonchev–Trinajstić information content (AvgIpc) is 2.43. The maximum atomic E-state index is 13.8. The summed E-state index contributed by atoms with van der Waals surface area (Å²) in [6.07, 6.45) is 0. The van der Waals surface area contributed by atoms with Crippen molar-refractivity contribution in [1.82, 2.24) is 4.98 Å². The average molecular weight is 317 g/mol. The molecule has 0 bridgehead atoms. The number of nitrogen functional groups attached to an aromatic ring is 1. The van der Waals surface area contributed by atoms with Crippen LogP contribution in [0, 0.1) is 5.82 Å². The Kier molecular flexibility index (Phi) is 2.95. The fourth-order valence-corrected chi connectivity index (χ4v) is 2.47. The third-order valence-corrected chi connectivity index (χ3v) is 3.60. The van der Waals surface area contributed by atoms with Gasteiger partial charge in [-0.1, -0.05) is 30.3 Å². The number of anilines is 1. The van der Waals surface area contributed by atoms with Crippen molar-refractivity contribution in [3.8, 4) is 11.3 Å². The highest BCUT2D eigenvalue weighted by Crippen LogP contribution is 2.32. The molecule has 1 heterocycles. The number of nitrogens with zero attached hydrogens (tertiary/aromatic N) is 1. The van der Waals surface area contributed by atoms with Gasteiger partial charge in [-0.15, -0.1) is 0 Å². The molecule has 0 spiro atoms. The van der Waals surface area contributed by atoms with Crippen molar-refractivity contribution in [1.29, 1.82) is 0 Å². The smallest absolute Gasteiger partial charge is 0.134 e. The summed E-state index contributed by atoms with van der Waals surface area (Å²) in [6.45, 7) is 0. The van der Waals surface area contributed by atoms with E-state index in [1.54, 1.807) is 12.1 Å². The van der Waals surface area contributed by atoms with Gasteiger partial charge in [-0.25, -0.2) is 9.37 Å². The number of halogens is 2. The highest BCUT2D eigenvalue weighted by molar-refractivity contribution is 9.10. The first-order chi connectivity index (χ1) is 9.16. The third-order valence-electron chi connectivity index (χ3n) is 2.96. The van der Waals surface area contributed by atoms with Crippen LogP contribution in [-0.2, 0) is 0 Å². The Balaban J connectivity index is 2.34. The highest BCUT2D eigenvalue weighted by Gasteiger charge is 2.11. The van der Waals surface area contributed by atoms with E-state index in [4.69, 9.17) is 5.73 Å². The van der Waals surface area contributed by atoms with Gasteiger partial charge in [0.1, 0.15) is 5.82 Å². The second kappa shape index (κ2) is 4.63. The Morgan fingerprint density at radius 2 is 1.79 bits per heavy atom. The number of hydrogen-bond acceptors (Lipinski definition) is 2. The lowest BCUT2D eigenvalue weighted by molar-refractivity contribution is 0.640. The van der Waals surface area contributed by atoms with Gasteiger partial charge in [0, 0.05) is 15.7 Å². The number of aromatic nitrogens is 1. The van der Waals surface area contributed by atoms with Gasteiger partial charge in [0.2, 0.25) is 0 Å². The van der Waals surface area contributed by atoms with Gasteiger partial charge in [0.15, 0.2) is 0 Å². The predicted octanol–water partition coefficient (Wildman–Crippen LogP) is 4.39. The fourth-order valence-electron chi connectivity index (χ4n) is 2.05. The molecule has 0 aliphatic heterocycles. The fraction of sp³-hybridized carbons (Fsp3) is 0. The number of fused-ring (bicyclic) bond motifs is 1. The zero-order valence-electron chi connectivity index (χ0n) is 9.90. The van der Waals surface area contributed by atoms with E-state index in [1.807, 2.05) is 30.3 Å². The molecule has 0 aliphatic rings. The summed E-state index contributed by atoms with van der Waals surface area (Å²) < 4.78 is 14.6. The lowest BCUT2D eigenvalue weighted by atomic mass is 10.1. The van der Waals surface area contributed by atoms with Crippen LogP contribution in [-0.4, -0.2) is 4.98 Å². The molecule has 0 amide bonds. The molecule has 0 aliphatic carbocycles. The predicted molar refractivity (Wildman–Crippen MR) is 79.2 cm³/mol. The van der Waals surface area contributed by atoms with Crippen LogP contribution >= 0.6 is 15.9 Å². The minimum atomic E-state index is -0.359. The van der Waals surface area contributed by atoms with Gasteiger partial charge in [0.25, 0.3) is 0 Å². The van der Waals surface area contributed by atoms with Crippen molar-refractivity contribution in [2.75, 3.05) is 5.73 Å². The van der Waals surface area contributed by atoms with Crippen LogP contribution in [0.15, 0.2) is 53.0 Å². The Bertz CT molecular complexity index is 757. The van der Waals surface area contributed by atoms with E-state index in [2.05, 4.69) is 20.9 Å². The summed E-state index contributed by atoms with van der Waals surface area (Å²) >= 11 is 3.39. The summed E-state index contributed by atoms with van der Waals surface area (Å²) in [4.78, 5) is 4.50. The minimum Gasteiger partial charge on any atom is -0.398 e. The Hall–Kier alpha value is -1.94. The van der Waals surface area contributed by atoms with Crippen LogP contribution in [0.5, 0.6) is 0 Å². The van der Waals surface area contributed by atoms with E-state index >= 15 is 0 Å². The second-order valence-corrected chi connectivity index (χ2v) is 5.07. The first-order valence-electron chi connectivity index (χ1n) is 5.76. The summed E-state index contributed by atoms with van der Waals surface area (Å²) in [5.41, 5.74) is 8.58. The topological polar surface area (TPSA) is 38.9 Å². The van der Waals surface area contributed by atoms with Crippen molar-refractivity contribution < 1.29 is 4.39 Å². The van der Waals surface area contributed by atoms with E-state index in [0.29, 0.717) is 16.6 Å². The van der Waals surface area contributed by atoms with Gasteiger partial charge >= 0.3 is 0 Å². The maximum absolute atomic E-state index is 13.8. The molecule has 0 unspecified atom stereocenters. The SMILES string of the molecule is Nc1cc(-c2ccccc2)nc2c(Br)ccc(F)c12. The lowest BCUT2D eigenvalue weighted by Gasteiger charge is -2.08. The normalized spacial score (nSPS) is 10.8. The van der Waals surface area contributed by atoms with Crippen LogP contribution in [0.2, 0.25) is 0 Å². The van der Waals surface area contributed by atoms with Crippen LogP contribution in [0.3, 0.4) is 0 Å². The molecule has 19 heavy (non-hydrogen) atoms. The number of rotatable bonds is 1. The lowest BCUT2D eigenvalue weighted by Crippen LogP contribution is -1.95. The standard InChI is InChI=1S/C15H10BrFN2/c16-10-6-7-11(17)14-12(18)8-13(19-15(10)14)9-4-2-1-3-5-9/h1-8H,(H2,18,19). The van der Waals surface area contributed by atoms with E-state index in [9.17, 15) is 4.39 Å². The molecule has 0 fully saturated rings. The van der Waals surface area contributed by atoms with Crippen molar-refractivity contribution >= 4 is 32.5 Å². The number of hydrogen-bond donors (Lipinski definition) is 1. The summed E-state index contributed by atoms with van der Waals surface area (Å²) in [5.74, 6) is -0.359. The zero-order valence-corrected chi connectivity index (χ0v) is 11.5. The molecular formula is C15H10BrFN2. The molecule has 4 heteroatoms. The molecule has 2 nitrogen and oxygen atoms in total. The van der Waals surface area contributed by atoms with Crippen molar-refractivity contribution in [2.24, 2.45) is 0 Å². The summed E-state index contributed by atoms with van der Waals surface area (Å²) in [6, 6.07) is 14.4. The van der Waals surface area contributed by atoms with Gasteiger partial charge in [-0.05, 0) is 34.1 Å². The molecule has 0 radical (unpaired) electrons. The third kappa shape index (κ3) is 2.08. The van der Waals surface area contributed by atoms with E-state index in [1.165, 1.54) is 6.07 Å². The van der Waals surface area contributed by atoms with Gasteiger partial charge in [-0.3, -0.25) is 0 Å². The van der Waals surface area contributed by atoms with E-state index in [-0.39, 0.29) is 5.82 Å². The molecule has 0 saturated carbocycles. The van der Waals surface area contributed by atoms with Crippen molar-refractivity contribution in [3.05, 3.63) is 58.8 Å².